The van der Waals surface area contributed by atoms with Crippen molar-refractivity contribution in [2.24, 2.45) is 0 Å². The van der Waals surface area contributed by atoms with E-state index in [9.17, 15) is 17.2 Å². The Balaban J connectivity index is 1.47. The minimum atomic E-state index is -3.43. The van der Waals surface area contributed by atoms with Crippen molar-refractivity contribution in [1.29, 1.82) is 0 Å². The summed E-state index contributed by atoms with van der Waals surface area (Å²) in [7, 11) is -3.43. The third-order valence-electron chi connectivity index (χ3n) is 6.24. The quantitative estimate of drug-likeness (QED) is 0.475. The van der Waals surface area contributed by atoms with E-state index in [2.05, 4.69) is 25.3 Å². The first-order valence-electron chi connectivity index (χ1n) is 12.0. The number of imidazole rings is 1. The molecule has 2 aliphatic rings. The smallest absolute Gasteiger partial charge is 0.296 e. The van der Waals surface area contributed by atoms with Crippen LogP contribution in [0.25, 0.3) is 17.0 Å². The standard InChI is InChI=1S/C22H28F2N8O3S/c23-18(24)19-26-16-6-2-3-7-17(16)32(19)22-28-20(27-21(29-22)30-11-13-35-14-12-30)25-8-15-36(33,34)31-9-4-1-5-10-31/h2-3,6-7,18H,1,4-5,8-15H2,(H,25,27,28,29). The van der Waals surface area contributed by atoms with Crippen LogP contribution in [-0.2, 0) is 14.8 Å². The minimum absolute atomic E-state index is 0.0168. The average Bonchev–Trinajstić information content (AvgIpc) is 3.30. The van der Waals surface area contributed by atoms with Crippen LogP contribution in [0.1, 0.15) is 31.5 Å². The number of hydrogen-bond acceptors (Lipinski definition) is 9. The molecule has 2 aromatic heterocycles. The second-order valence-corrected chi connectivity index (χ2v) is 10.7. The molecule has 4 heterocycles. The van der Waals surface area contributed by atoms with Crippen molar-refractivity contribution >= 4 is 33.0 Å². The Morgan fingerprint density at radius 3 is 2.42 bits per heavy atom. The fraction of sp³-hybridized carbons (Fsp3) is 0.545. The van der Waals surface area contributed by atoms with Crippen LogP contribution in [0.3, 0.4) is 0 Å². The summed E-state index contributed by atoms with van der Waals surface area (Å²) in [4.78, 5) is 19.3. The fourth-order valence-corrected chi connectivity index (χ4v) is 5.84. The molecular formula is C22H28F2N8O3S. The summed E-state index contributed by atoms with van der Waals surface area (Å²) < 4.78 is 61.5. The van der Waals surface area contributed by atoms with E-state index >= 15 is 0 Å². The van der Waals surface area contributed by atoms with Gasteiger partial charge in [0, 0.05) is 32.7 Å². The van der Waals surface area contributed by atoms with Gasteiger partial charge in [-0.05, 0) is 25.0 Å². The number of nitrogens with one attached hydrogen (secondary N) is 1. The van der Waals surface area contributed by atoms with Gasteiger partial charge in [-0.3, -0.25) is 4.57 Å². The molecule has 0 spiro atoms. The number of benzene rings is 1. The lowest BCUT2D eigenvalue weighted by Crippen LogP contribution is -2.39. The Morgan fingerprint density at radius 2 is 1.67 bits per heavy atom. The topological polar surface area (TPSA) is 118 Å². The second-order valence-electron chi connectivity index (χ2n) is 8.66. The maximum atomic E-state index is 13.9. The van der Waals surface area contributed by atoms with Crippen LogP contribution in [0.15, 0.2) is 24.3 Å². The summed E-state index contributed by atoms with van der Waals surface area (Å²) in [6.07, 6.45) is -0.103. The maximum absolute atomic E-state index is 13.9. The number of aromatic nitrogens is 5. The molecule has 11 nitrogen and oxygen atoms in total. The Bertz CT molecular complexity index is 1310. The van der Waals surface area contributed by atoms with Crippen LogP contribution in [0.4, 0.5) is 20.7 Å². The number of halogens is 2. The lowest BCUT2D eigenvalue weighted by Gasteiger charge is -2.27. The molecule has 194 valence electrons. The third kappa shape index (κ3) is 5.25. The fourth-order valence-electron chi connectivity index (χ4n) is 4.40. The van der Waals surface area contributed by atoms with Crippen LogP contribution in [0.5, 0.6) is 0 Å². The van der Waals surface area contributed by atoms with Crippen molar-refractivity contribution in [2.45, 2.75) is 25.7 Å². The van der Waals surface area contributed by atoms with Gasteiger partial charge in [0.1, 0.15) is 0 Å². The molecule has 14 heteroatoms. The number of ether oxygens (including phenoxy) is 1. The molecule has 2 fully saturated rings. The van der Waals surface area contributed by atoms with Gasteiger partial charge in [-0.1, -0.05) is 18.6 Å². The molecule has 0 saturated carbocycles. The highest BCUT2D eigenvalue weighted by atomic mass is 32.2. The summed E-state index contributed by atoms with van der Waals surface area (Å²) in [5.41, 5.74) is 0.828. The zero-order chi connectivity index (χ0) is 25.1. The van der Waals surface area contributed by atoms with Gasteiger partial charge in [0.15, 0.2) is 5.82 Å². The molecule has 36 heavy (non-hydrogen) atoms. The highest BCUT2D eigenvalue weighted by molar-refractivity contribution is 7.89. The van der Waals surface area contributed by atoms with E-state index in [0.29, 0.717) is 56.4 Å². The number of hydrogen-bond donors (Lipinski definition) is 1. The van der Waals surface area contributed by atoms with Crippen molar-refractivity contribution in [3.63, 3.8) is 0 Å². The molecule has 5 rings (SSSR count). The molecule has 3 aromatic rings. The lowest BCUT2D eigenvalue weighted by molar-refractivity contribution is 0.122. The zero-order valence-electron chi connectivity index (χ0n) is 19.7. The van der Waals surface area contributed by atoms with Gasteiger partial charge in [-0.25, -0.2) is 26.5 Å². The molecule has 0 amide bonds. The summed E-state index contributed by atoms with van der Waals surface area (Å²) in [5, 5.41) is 2.97. The van der Waals surface area contributed by atoms with Gasteiger partial charge in [0.25, 0.3) is 6.43 Å². The van der Waals surface area contributed by atoms with E-state index in [4.69, 9.17) is 4.74 Å². The molecular weight excluding hydrogens is 494 g/mol. The zero-order valence-corrected chi connectivity index (χ0v) is 20.5. The summed E-state index contributed by atoms with van der Waals surface area (Å²) in [6.45, 7) is 3.14. The van der Waals surface area contributed by atoms with Gasteiger partial charge in [-0.2, -0.15) is 15.0 Å². The van der Waals surface area contributed by atoms with Gasteiger partial charge >= 0.3 is 0 Å². The molecule has 0 atom stereocenters. The van der Waals surface area contributed by atoms with E-state index in [1.807, 2.05) is 4.90 Å². The van der Waals surface area contributed by atoms with Gasteiger partial charge in [0.05, 0.1) is 30.0 Å². The Hall–Kier alpha value is -2.97. The predicted octanol–water partition coefficient (Wildman–Crippen LogP) is 2.21. The Kier molecular flexibility index (Phi) is 7.25. The minimum Gasteiger partial charge on any atom is -0.378 e. The van der Waals surface area contributed by atoms with E-state index in [0.717, 1.165) is 19.3 Å². The molecule has 0 aliphatic carbocycles. The van der Waals surface area contributed by atoms with Crippen molar-refractivity contribution in [2.75, 3.05) is 61.9 Å². The van der Waals surface area contributed by atoms with Crippen molar-refractivity contribution in [3.05, 3.63) is 30.1 Å². The third-order valence-corrected chi connectivity index (χ3v) is 8.11. The van der Waals surface area contributed by atoms with Gasteiger partial charge < -0.3 is 15.0 Å². The first kappa shape index (κ1) is 24.7. The van der Waals surface area contributed by atoms with E-state index in [1.165, 1.54) is 8.87 Å². The highest BCUT2D eigenvalue weighted by Crippen LogP contribution is 2.27. The monoisotopic (exact) mass is 522 g/mol. The largest absolute Gasteiger partial charge is 0.378 e. The average molecular weight is 523 g/mol. The molecule has 2 aliphatic heterocycles. The number of nitrogens with zero attached hydrogens (tertiary/aromatic N) is 7. The molecule has 0 radical (unpaired) electrons. The van der Waals surface area contributed by atoms with Crippen LogP contribution in [0, 0.1) is 0 Å². The molecule has 1 N–H and O–H groups in total. The highest BCUT2D eigenvalue weighted by Gasteiger charge is 2.26. The molecule has 0 unspecified atom stereocenters. The molecule has 2 saturated heterocycles. The van der Waals surface area contributed by atoms with Crippen LogP contribution in [-0.4, -0.2) is 88.9 Å². The van der Waals surface area contributed by atoms with E-state index < -0.39 is 22.3 Å². The van der Waals surface area contributed by atoms with E-state index in [-0.39, 0.29) is 24.2 Å². The molecule has 0 bridgehead atoms. The number of fused-ring (bicyclic) bond motifs is 1. The number of para-hydroxylation sites is 2. The second kappa shape index (κ2) is 10.6. The van der Waals surface area contributed by atoms with E-state index in [1.54, 1.807) is 24.3 Å². The number of alkyl halides is 2. The van der Waals surface area contributed by atoms with Crippen LogP contribution < -0.4 is 10.2 Å². The first-order valence-corrected chi connectivity index (χ1v) is 13.6. The number of morpholine rings is 1. The predicted molar refractivity (Wildman–Crippen MR) is 130 cm³/mol. The number of sulfonamides is 1. The van der Waals surface area contributed by atoms with Crippen molar-refractivity contribution in [1.82, 2.24) is 28.8 Å². The number of rotatable bonds is 8. The van der Waals surface area contributed by atoms with Crippen molar-refractivity contribution in [3.8, 4) is 5.95 Å². The summed E-state index contributed by atoms with van der Waals surface area (Å²) in [5.74, 6) is -0.223. The van der Waals surface area contributed by atoms with Crippen LogP contribution >= 0.6 is 0 Å². The summed E-state index contributed by atoms with van der Waals surface area (Å²) >= 11 is 0. The normalized spacial score (nSPS) is 17.7. The Labute approximate surface area is 207 Å². The van der Waals surface area contributed by atoms with Gasteiger partial charge in [0.2, 0.25) is 27.9 Å². The van der Waals surface area contributed by atoms with Gasteiger partial charge in [-0.15, -0.1) is 0 Å². The van der Waals surface area contributed by atoms with Crippen LogP contribution in [0.2, 0.25) is 0 Å². The Morgan fingerprint density at radius 1 is 0.944 bits per heavy atom. The lowest BCUT2D eigenvalue weighted by atomic mass is 10.2. The summed E-state index contributed by atoms with van der Waals surface area (Å²) in [6, 6.07) is 6.76. The SMILES string of the molecule is O=S(=O)(CCNc1nc(N2CCOCC2)nc(-n2c(C(F)F)nc3ccccc32)n1)N1CCCCC1. The van der Waals surface area contributed by atoms with Crippen molar-refractivity contribution < 1.29 is 21.9 Å². The number of anilines is 2. The molecule has 1 aromatic carbocycles. The first-order chi connectivity index (χ1) is 17.4. The maximum Gasteiger partial charge on any atom is 0.296 e. The number of piperidine rings is 1.